The first-order chi connectivity index (χ1) is 7.00. The molecular formula is C10H15NO4S. The molecule has 0 radical (unpaired) electrons. The van der Waals surface area contributed by atoms with Gasteiger partial charge in [0.05, 0.1) is 5.69 Å². The van der Waals surface area contributed by atoms with Gasteiger partial charge in [-0.1, -0.05) is 19.6 Å². The third-order valence-corrected chi connectivity index (χ3v) is 3.45. The summed E-state index contributed by atoms with van der Waals surface area (Å²) in [6, 6.07) is 3.27. The van der Waals surface area contributed by atoms with Gasteiger partial charge in [-0.05, 0) is 24.1 Å². The van der Waals surface area contributed by atoms with Crippen molar-refractivity contribution in [3.05, 3.63) is 36.2 Å². The lowest BCUT2D eigenvalue weighted by atomic mass is 10.1. The van der Waals surface area contributed by atoms with E-state index in [1.54, 1.807) is 25.3 Å². The van der Waals surface area contributed by atoms with Crippen molar-refractivity contribution in [3.8, 4) is 0 Å². The number of hydrogen-bond donors (Lipinski definition) is 1. The van der Waals surface area contributed by atoms with E-state index >= 15 is 0 Å². The maximum atomic E-state index is 11.1. The third-order valence-electron chi connectivity index (χ3n) is 2.14. The Morgan fingerprint density at radius 3 is 2.69 bits per heavy atom. The summed E-state index contributed by atoms with van der Waals surface area (Å²) in [5.74, 6) is 0. The van der Waals surface area contributed by atoms with Crippen molar-refractivity contribution in [3.63, 3.8) is 0 Å². The normalized spacial score (nSPS) is 12.6. The summed E-state index contributed by atoms with van der Waals surface area (Å²) < 4.78 is 31.3. The highest BCUT2D eigenvalue weighted by atomic mass is 32.2. The van der Waals surface area contributed by atoms with Gasteiger partial charge in [0.1, 0.15) is 5.25 Å². The molecule has 0 bridgehead atoms. The van der Waals surface area contributed by atoms with Gasteiger partial charge < -0.3 is 5.48 Å². The van der Waals surface area contributed by atoms with Crippen LogP contribution in [-0.2, 0) is 10.1 Å². The number of pyridine rings is 1. The molecule has 1 atom stereocenters. The summed E-state index contributed by atoms with van der Waals surface area (Å²) >= 11 is 0. The Balaban J connectivity index is 0.00000225. The van der Waals surface area contributed by atoms with Crippen molar-refractivity contribution in [2.75, 3.05) is 0 Å². The van der Waals surface area contributed by atoms with Crippen LogP contribution in [0.15, 0.2) is 24.9 Å². The van der Waals surface area contributed by atoms with E-state index in [2.05, 4.69) is 11.6 Å². The molecule has 3 N–H and O–H groups in total. The van der Waals surface area contributed by atoms with Gasteiger partial charge in [0, 0.05) is 6.20 Å². The molecule has 1 rings (SSSR count). The summed E-state index contributed by atoms with van der Waals surface area (Å²) in [5.41, 5.74) is 0.972. The fraction of sp³-hybridized carbons (Fsp3) is 0.300. The lowest BCUT2D eigenvalue weighted by molar-refractivity contribution is 0.466. The van der Waals surface area contributed by atoms with Crippen LogP contribution in [0.5, 0.6) is 0 Å². The SMILES string of the molecule is C=Cc1ncccc1C(CC)S(=O)(=O)O.O. The van der Waals surface area contributed by atoms with Crippen LogP contribution in [0.3, 0.4) is 0 Å². The molecule has 0 saturated carbocycles. The minimum absolute atomic E-state index is 0. The Hall–Kier alpha value is -1.24. The summed E-state index contributed by atoms with van der Waals surface area (Å²) in [6.07, 6.45) is 3.33. The molecule has 0 saturated heterocycles. The largest absolute Gasteiger partial charge is 0.412 e. The van der Waals surface area contributed by atoms with Gasteiger partial charge in [0.25, 0.3) is 10.1 Å². The fourth-order valence-corrected chi connectivity index (χ4v) is 2.41. The van der Waals surface area contributed by atoms with Gasteiger partial charge in [-0.25, -0.2) is 0 Å². The standard InChI is InChI=1S/C10H13NO3S.H2O/c1-3-9-8(6-5-7-11-9)10(4-2)15(12,13)14;/h3,5-7,10H,1,4H2,2H3,(H,12,13,14);1H2. The van der Waals surface area contributed by atoms with E-state index in [1.807, 2.05) is 0 Å². The predicted molar refractivity (Wildman–Crippen MR) is 62.5 cm³/mol. The summed E-state index contributed by atoms with van der Waals surface area (Å²) in [5, 5.41) is -0.931. The quantitative estimate of drug-likeness (QED) is 0.806. The van der Waals surface area contributed by atoms with E-state index in [9.17, 15) is 8.42 Å². The van der Waals surface area contributed by atoms with Crippen LogP contribution in [-0.4, -0.2) is 23.4 Å². The van der Waals surface area contributed by atoms with E-state index < -0.39 is 15.4 Å². The van der Waals surface area contributed by atoms with Crippen LogP contribution in [0.1, 0.15) is 29.9 Å². The van der Waals surface area contributed by atoms with E-state index in [0.717, 1.165) is 0 Å². The summed E-state index contributed by atoms with van der Waals surface area (Å²) in [6.45, 7) is 5.24. The Morgan fingerprint density at radius 2 is 2.25 bits per heavy atom. The fourth-order valence-electron chi connectivity index (χ4n) is 1.46. The van der Waals surface area contributed by atoms with Gasteiger partial charge in [-0.3, -0.25) is 9.54 Å². The van der Waals surface area contributed by atoms with Crippen molar-refractivity contribution in [2.24, 2.45) is 0 Å². The molecule has 16 heavy (non-hydrogen) atoms. The predicted octanol–water partition coefficient (Wildman–Crippen LogP) is 1.24. The van der Waals surface area contributed by atoms with Crippen LogP contribution < -0.4 is 0 Å². The highest BCUT2D eigenvalue weighted by molar-refractivity contribution is 7.86. The molecule has 1 heterocycles. The summed E-state index contributed by atoms with van der Waals surface area (Å²) in [7, 11) is -4.09. The molecular weight excluding hydrogens is 230 g/mol. The number of rotatable bonds is 4. The maximum absolute atomic E-state index is 11.1. The molecule has 5 nitrogen and oxygen atoms in total. The zero-order chi connectivity index (χ0) is 11.5. The van der Waals surface area contributed by atoms with E-state index in [0.29, 0.717) is 17.7 Å². The minimum Gasteiger partial charge on any atom is -0.412 e. The molecule has 0 aromatic carbocycles. The maximum Gasteiger partial charge on any atom is 0.272 e. The molecule has 0 aliphatic carbocycles. The first-order valence-corrected chi connectivity index (χ1v) is 6.04. The van der Waals surface area contributed by atoms with E-state index in [1.165, 1.54) is 6.08 Å². The van der Waals surface area contributed by atoms with Gasteiger partial charge in [0.2, 0.25) is 0 Å². The van der Waals surface area contributed by atoms with Crippen molar-refractivity contribution in [1.82, 2.24) is 4.98 Å². The molecule has 0 fully saturated rings. The molecule has 6 heteroatoms. The summed E-state index contributed by atoms with van der Waals surface area (Å²) in [4.78, 5) is 3.99. The second kappa shape index (κ2) is 5.74. The number of nitrogens with zero attached hydrogens (tertiary/aromatic N) is 1. The van der Waals surface area contributed by atoms with Gasteiger partial charge >= 0.3 is 0 Å². The first-order valence-electron chi connectivity index (χ1n) is 4.54. The van der Waals surface area contributed by atoms with Crippen LogP contribution in [0, 0.1) is 0 Å². The van der Waals surface area contributed by atoms with E-state index in [4.69, 9.17) is 4.55 Å². The Kier molecular flexibility index (Phi) is 5.29. The third kappa shape index (κ3) is 3.13. The number of aromatic nitrogens is 1. The molecule has 0 amide bonds. The molecule has 0 spiro atoms. The van der Waals surface area contributed by atoms with Crippen LogP contribution >= 0.6 is 0 Å². The Labute approximate surface area is 94.9 Å². The lowest BCUT2D eigenvalue weighted by Crippen LogP contribution is -2.12. The Bertz CT molecular complexity index is 456. The average Bonchev–Trinajstić information content (AvgIpc) is 2.17. The van der Waals surface area contributed by atoms with Crippen molar-refractivity contribution in [1.29, 1.82) is 0 Å². The van der Waals surface area contributed by atoms with Gasteiger partial charge in [0.15, 0.2) is 0 Å². The number of hydrogen-bond acceptors (Lipinski definition) is 3. The van der Waals surface area contributed by atoms with Crippen LogP contribution in [0.25, 0.3) is 6.08 Å². The highest BCUT2D eigenvalue weighted by Gasteiger charge is 2.25. The monoisotopic (exact) mass is 245 g/mol. The second-order valence-electron chi connectivity index (χ2n) is 3.09. The van der Waals surface area contributed by atoms with Crippen molar-refractivity contribution in [2.45, 2.75) is 18.6 Å². The zero-order valence-electron chi connectivity index (χ0n) is 8.92. The Morgan fingerprint density at radius 1 is 1.62 bits per heavy atom. The molecule has 0 aliphatic heterocycles. The smallest absolute Gasteiger partial charge is 0.272 e. The first kappa shape index (κ1) is 14.8. The topological polar surface area (TPSA) is 98.8 Å². The molecule has 90 valence electrons. The molecule has 1 unspecified atom stereocenters. The molecule has 1 aromatic rings. The zero-order valence-corrected chi connectivity index (χ0v) is 9.74. The highest BCUT2D eigenvalue weighted by Crippen LogP contribution is 2.27. The van der Waals surface area contributed by atoms with Gasteiger partial charge in [-0.2, -0.15) is 8.42 Å². The lowest BCUT2D eigenvalue weighted by Gasteiger charge is -2.13. The second-order valence-corrected chi connectivity index (χ2v) is 4.69. The van der Waals surface area contributed by atoms with Crippen molar-refractivity contribution < 1.29 is 18.4 Å². The van der Waals surface area contributed by atoms with Gasteiger partial charge in [-0.15, -0.1) is 0 Å². The minimum atomic E-state index is -4.09. The average molecular weight is 245 g/mol. The molecule has 1 aromatic heterocycles. The molecule has 0 aliphatic rings. The van der Waals surface area contributed by atoms with Crippen LogP contribution in [0.4, 0.5) is 0 Å². The van der Waals surface area contributed by atoms with E-state index in [-0.39, 0.29) is 5.48 Å². The van der Waals surface area contributed by atoms with Crippen molar-refractivity contribution >= 4 is 16.2 Å². The van der Waals surface area contributed by atoms with Crippen LogP contribution in [0.2, 0.25) is 0 Å².